The number of ketones is 1. The van der Waals surface area contributed by atoms with Crippen LogP contribution in [0, 0.1) is 0 Å². The zero-order valence-electron chi connectivity index (χ0n) is 9.14. The smallest absolute Gasteiger partial charge is 0.143 e. The lowest BCUT2D eigenvalue weighted by Crippen LogP contribution is -2.20. The number of ether oxygens (including phenoxy) is 1. The van der Waals surface area contributed by atoms with Crippen molar-refractivity contribution in [2.75, 3.05) is 13.7 Å². The molecule has 1 aromatic carbocycles. The van der Waals surface area contributed by atoms with E-state index in [1.54, 1.807) is 6.07 Å². The average molecular weight is 262 g/mol. The Morgan fingerprint density at radius 2 is 2.06 bits per heavy atom. The summed E-state index contributed by atoms with van der Waals surface area (Å²) < 4.78 is 5.03. The summed E-state index contributed by atoms with van der Waals surface area (Å²) in [7, 11) is 1.53. The lowest BCUT2D eigenvalue weighted by molar-refractivity contribution is -0.116. The zero-order chi connectivity index (χ0) is 12.1. The average Bonchev–Trinajstić information content (AvgIpc) is 2.24. The van der Waals surface area contributed by atoms with Gasteiger partial charge in [-0.3, -0.25) is 4.79 Å². The molecule has 1 aromatic rings. The molecule has 0 bridgehead atoms. The van der Waals surface area contributed by atoms with Crippen molar-refractivity contribution < 1.29 is 9.53 Å². The highest BCUT2D eigenvalue weighted by Gasteiger charge is 2.09. The fourth-order valence-corrected chi connectivity index (χ4v) is 1.72. The molecule has 0 saturated carbocycles. The van der Waals surface area contributed by atoms with Gasteiger partial charge in [0, 0.05) is 6.54 Å². The van der Waals surface area contributed by atoms with Crippen molar-refractivity contribution in [3.8, 4) is 5.75 Å². The summed E-state index contributed by atoms with van der Waals surface area (Å²) in [4.78, 5) is 10.7. The van der Waals surface area contributed by atoms with E-state index in [2.05, 4.69) is 5.32 Å². The molecule has 0 aliphatic heterocycles. The summed E-state index contributed by atoms with van der Waals surface area (Å²) in [6.45, 7) is 2.34. The van der Waals surface area contributed by atoms with E-state index in [0.29, 0.717) is 28.9 Å². The molecule has 0 spiro atoms. The van der Waals surface area contributed by atoms with E-state index in [1.807, 2.05) is 6.07 Å². The largest absolute Gasteiger partial charge is 0.495 e. The van der Waals surface area contributed by atoms with Gasteiger partial charge in [0.1, 0.15) is 16.6 Å². The van der Waals surface area contributed by atoms with Crippen molar-refractivity contribution in [2.24, 2.45) is 0 Å². The third-order valence-electron chi connectivity index (χ3n) is 2.04. The second kappa shape index (κ2) is 6.09. The van der Waals surface area contributed by atoms with Crippen molar-refractivity contribution in [2.45, 2.75) is 13.5 Å². The molecule has 0 saturated heterocycles. The molecule has 0 radical (unpaired) electrons. The van der Waals surface area contributed by atoms with Crippen LogP contribution in [0.4, 0.5) is 0 Å². The predicted molar refractivity (Wildman–Crippen MR) is 65.4 cm³/mol. The molecule has 0 aromatic heterocycles. The van der Waals surface area contributed by atoms with E-state index in [-0.39, 0.29) is 5.78 Å². The Bertz CT molecular complexity index is 394. The van der Waals surface area contributed by atoms with Crippen LogP contribution in [-0.2, 0) is 11.3 Å². The lowest BCUT2D eigenvalue weighted by atomic mass is 10.2. The van der Waals surface area contributed by atoms with E-state index in [4.69, 9.17) is 27.9 Å². The van der Waals surface area contributed by atoms with Crippen LogP contribution in [-0.4, -0.2) is 19.4 Å². The van der Waals surface area contributed by atoms with Gasteiger partial charge in [-0.05, 0) is 18.6 Å². The van der Waals surface area contributed by atoms with Crippen LogP contribution in [0.3, 0.4) is 0 Å². The molecular weight excluding hydrogens is 249 g/mol. The maximum absolute atomic E-state index is 10.7. The molecular formula is C11H13Cl2NO2. The van der Waals surface area contributed by atoms with E-state index in [9.17, 15) is 4.79 Å². The zero-order valence-corrected chi connectivity index (χ0v) is 10.7. The van der Waals surface area contributed by atoms with Gasteiger partial charge in [-0.2, -0.15) is 0 Å². The summed E-state index contributed by atoms with van der Waals surface area (Å²) in [5.41, 5.74) is 0.841. The van der Waals surface area contributed by atoms with Crippen molar-refractivity contribution in [1.29, 1.82) is 0 Å². The summed E-state index contributed by atoms with van der Waals surface area (Å²) in [5, 5.41) is 3.82. The SMILES string of the molecule is COc1ccc(CNCC(C)=O)c(Cl)c1Cl. The van der Waals surface area contributed by atoms with E-state index in [0.717, 1.165) is 5.56 Å². The van der Waals surface area contributed by atoms with Crippen molar-refractivity contribution in [1.82, 2.24) is 5.32 Å². The number of hydrogen-bond donors (Lipinski definition) is 1. The highest BCUT2D eigenvalue weighted by atomic mass is 35.5. The first-order valence-corrected chi connectivity index (χ1v) is 5.53. The minimum Gasteiger partial charge on any atom is -0.495 e. The van der Waals surface area contributed by atoms with Crippen LogP contribution < -0.4 is 10.1 Å². The van der Waals surface area contributed by atoms with Gasteiger partial charge < -0.3 is 10.1 Å². The van der Waals surface area contributed by atoms with Crippen LogP contribution in [0.2, 0.25) is 10.0 Å². The van der Waals surface area contributed by atoms with Gasteiger partial charge in [0.25, 0.3) is 0 Å². The normalized spacial score (nSPS) is 10.2. The minimum absolute atomic E-state index is 0.0794. The summed E-state index contributed by atoms with van der Waals surface area (Å²) in [6, 6.07) is 3.57. The van der Waals surface area contributed by atoms with Gasteiger partial charge in [0.2, 0.25) is 0 Å². The van der Waals surface area contributed by atoms with Crippen LogP contribution in [0.25, 0.3) is 0 Å². The highest BCUT2D eigenvalue weighted by molar-refractivity contribution is 6.43. The first kappa shape index (κ1) is 13.3. The number of hydrogen-bond acceptors (Lipinski definition) is 3. The van der Waals surface area contributed by atoms with Crippen molar-refractivity contribution in [3.05, 3.63) is 27.7 Å². The molecule has 0 fully saturated rings. The van der Waals surface area contributed by atoms with Gasteiger partial charge in [-0.25, -0.2) is 0 Å². The first-order valence-electron chi connectivity index (χ1n) is 4.77. The maximum atomic E-state index is 10.7. The molecule has 0 unspecified atom stereocenters. The Labute approximate surface area is 105 Å². The number of rotatable bonds is 5. The van der Waals surface area contributed by atoms with Crippen LogP contribution in [0.15, 0.2) is 12.1 Å². The molecule has 3 nitrogen and oxygen atoms in total. The number of methoxy groups -OCH3 is 1. The Balaban J connectivity index is 2.74. The standard InChI is InChI=1S/C11H13Cl2NO2/c1-7(15)5-14-6-8-3-4-9(16-2)11(13)10(8)12/h3-4,14H,5-6H2,1-2H3. The third kappa shape index (κ3) is 3.37. The van der Waals surface area contributed by atoms with Crippen LogP contribution in [0.1, 0.15) is 12.5 Å². The second-order valence-electron chi connectivity index (χ2n) is 3.36. The molecule has 0 aliphatic rings. The Hall–Kier alpha value is -0.770. The molecule has 88 valence electrons. The van der Waals surface area contributed by atoms with Gasteiger partial charge in [0.15, 0.2) is 0 Å². The predicted octanol–water partition coefficient (Wildman–Crippen LogP) is 2.68. The Morgan fingerprint density at radius 3 is 2.62 bits per heavy atom. The lowest BCUT2D eigenvalue weighted by Gasteiger charge is -2.09. The van der Waals surface area contributed by atoms with Crippen LogP contribution >= 0.6 is 23.2 Å². The number of nitrogens with one attached hydrogen (secondary N) is 1. The molecule has 0 atom stereocenters. The van der Waals surface area contributed by atoms with E-state index < -0.39 is 0 Å². The number of Topliss-reactive ketones (excluding diaryl/α,β-unsaturated/α-hetero) is 1. The van der Waals surface area contributed by atoms with Gasteiger partial charge in [-0.15, -0.1) is 0 Å². The first-order chi connectivity index (χ1) is 7.56. The fourth-order valence-electron chi connectivity index (χ4n) is 1.24. The van der Waals surface area contributed by atoms with E-state index in [1.165, 1.54) is 14.0 Å². The Morgan fingerprint density at radius 1 is 1.38 bits per heavy atom. The quantitative estimate of drug-likeness (QED) is 0.886. The molecule has 1 rings (SSSR count). The molecule has 0 amide bonds. The summed E-state index contributed by atoms with van der Waals surface area (Å²) in [5.74, 6) is 0.623. The number of halogens is 2. The molecule has 0 heterocycles. The molecule has 16 heavy (non-hydrogen) atoms. The topological polar surface area (TPSA) is 38.3 Å². The minimum atomic E-state index is 0.0794. The highest BCUT2D eigenvalue weighted by Crippen LogP contribution is 2.34. The molecule has 1 N–H and O–H groups in total. The summed E-state index contributed by atoms with van der Waals surface area (Å²) in [6.07, 6.45) is 0. The third-order valence-corrected chi connectivity index (χ3v) is 2.94. The number of carbonyl (C=O) groups is 1. The van der Waals surface area contributed by atoms with Gasteiger partial charge >= 0.3 is 0 Å². The Kier molecular flexibility index (Phi) is 5.06. The fraction of sp³-hybridized carbons (Fsp3) is 0.364. The molecule has 0 aliphatic carbocycles. The number of carbonyl (C=O) groups excluding carboxylic acids is 1. The number of benzene rings is 1. The second-order valence-corrected chi connectivity index (χ2v) is 4.12. The van der Waals surface area contributed by atoms with Crippen molar-refractivity contribution >= 4 is 29.0 Å². The van der Waals surface area contributed by atoms with Crippen molar-refractivity contribution in [3.63, 3.8) is 0 Å². The van der Waals surface area contributed by atoms with Gasteiger partial charge in [0.05, 0.1) is 18.7 Å². The maximum Gasteiger partial charge on any atom is 0.143 e. The van der Waals surface area contributed by atoms with Gasteiger partial charge in [-0.1, -0.05) is 29.3 Å². The molecule has 5 heteroatoms. The van der Waals surface area contributed by atoms with Crippen LogP contribution in [0.5, 0.6) is 5.75 Å². The van der Waals surface area contributed by atoms with E-state index >= 15 is 0 Å². The monoisotopic (exact) mass is 261 g/mol. The summed E-state index contributed by atoms with van der Waals surface area (Å²) >= 11 is 12.0.